The lowest BCUT2D eigenvalue weighted by Crippen LogP contribution is -2.49. The van der Waals surface area contributed by atoms with Gasteiger partial charge in [-0.1, -0.05) is 0 Å². The van der Waals surface area contributed by atoms with Crippen molar-refractivity contribution in [1.29, 1.82) is 0 Å². The van der Waals surface area contributed by atoms with Gasteiger partial charge in [0.25, 0.3) is 5.78 Å². The van der Waals surface area contributed by atoms with E-state index in [9.17, 15) is 9.59 Å². The first kappa shape index (κ1) is 17.0. The van der Waals surface area contributed by atoms with Crippen LogP contribution in [0.25, 0.3) is 0 Å². The van der Waals surface area contributed by atoms with Crippen LogP contribution in [0.15, 0.2) is 0 Å². The molecule has 18 heavy (non-hydrogen) atoms. The van der Waals surface area contributed by atoms with E-state index >= 15 is 0 Å². The van der Waals surface area contributed by atoms with Gasteiger partial charge in [0.05, 0.1) is 13.7 Å². The molecule has 0 spiro atoms. The number of methoxy groups -OCH3 is 5. The van der Waals surface area contributed by atoms with Crippen molar-refractivity contribution in [3.63, 3.8) is 0 Å². The normalized spacial score (nSPS) is 15.8. The second kappa shape index (κ2) is 8.98. The summed E-state index contributed by atoms with van der Waals surface area (Å²) >= 11 is 0. The molecule has 0 aromatic heterocycles. The molecular weight excluding hydrogens is 244 g/mol. The zero-order valence-corrected chi connectivity index (χ0v) is 11.3. The Morgan fingerprint density at radius 3 is 1.89 bits per heavy atom. The van der Waals surface area contributed by atoms with Crippen molar-refractivity contribution >= 4 is 11.8 Å². The Bertz CT molecular complexity index is 266. The molecule has 7 heteroatoms. The summed E-state index contributed by atoms with van der Waals surface area (Å²) in [5.74, 6) is -1.82. The van der Waals surface area contributed by atoms with E-state index in [1.54, 1.807) is 0 Å². The van der Waals surface area contributed by atoms with Crippen LogP contribution in [-0.4, -0.2) is 72.2 Å². The van der Waals surface area contributed by atoms with Crippen molar-refractivity contribution in [2.24, 2.45) is 0 Å². The fourth-order valence-electron chi connectivity index (χ4n) is 1.54. The predicted octanol–water partition coefficient (Wildman–Crippen LogP) is -0.580. The molecule has 0 saturated heterocycles. The van der Waals surface area contributed by atoms with Gasteiger partial charge in [-0.25, -0.2) is 4.79 Å². The van der Waals surface area contributed by atoms with Crippen molar-refractivity contribution in [2.45, 2.75) is 18.3 Å². The molecule has 0 amide bonds. The second-order valence-electron chi connectivity index (χ2n) is 3.44. The summed E-state index contributed by atoms with van der Waals surface area (Å²) in [4.78, 5) is 23.0. The van der Waals surface area contributed by atoms with Crippen molar-refractivity contribution in [2.75, 3.05) is 42.2 Å². The lowest BCUT2D eigenvalue weighted by Gasteiger charge is -2.29. The zero-order chi connectivity index (χ0) is 14.1. The highest BCUT2D eigenvalue weighted by molar-refractivity contribution is 6.35. The molecule has 7 nitrogen and oxygen atoms in total. The van der Waals surface area contributed by atoms with Crippen LogP contribution in [0.2, 0.25) is 0 Å². The number of esters is 1. The number of ketones is 1. The Morgan fingerprint density at radius 2 is 1.56 bits per heavy atom. The van der Waals surface area contributed by atoms with E-state index < -0.39 is 30.1 Å². The third-order valence-corrected chi connectivity index (χ3v) is 2.47. The zero-order valence-electron chi connectivity index (χ0n) is 11.3. The van der Waals surface area contributed by atoms with Gasteiger partial charge >= 0.3 is 5.97 Å². The molecule has 0 heterocycles. The van der Waals surface area contributed by atoms with Gasteiger partial charge in [-0.2, -0.15) is 0 Å². The molecule has 0 aromatic carbocycles. The first-order valence-electron chi connectivity index (χ1n) is 5.26. The fraction of sp³-hybridized carbons (Fsp3) is 0.818. The van der Waals surface area contributed by atoms with Crippen LogP contribution in [-0.2, 0) is 33.3 Å². The number of ether oxygens (including phenoxy) is 5. The van der Waals surface area contributed by atoms with Gasteiger partial charge in [-0.05, 0) is 0 Å². The molecule has 0 fully saturated rings. The quantitative estimate of drug-likeness (QED) is 0.407. The summed E-state index contributed by atoms with van der Waals surface area (Å²) in [6.07, 6.45) is -2.42. The minimum atomic E-state index is -1.11. The number of hydrogen-bond acceptors (Lipinski definition) is 7. The van der Waals surface area contributed by atoms with Crippen LogP contribution in [0.3, 0.4) is 0 Å². The van der Waals surface area contributed by atoms with Crippen LogP contribution in [0.1, 0.15) is 0 Å². The summed E-state index contributed by atoms with van der Waals surface area (Å²) in [6.45, 7) is 0.198. The van der Waals surface area contributed by atoms with Crippen LogP contribution >= 0.6 is 0 Å². The summed E-state index contributed by atoms with van der Waals surface area (Å²) in [5, 5.41) is 0. The number of carbonyl (C=O) groups excluding carboxylic acids is 2. The summed E-state index contributed by atoms with van der Waals surface area (Å²) < 4.78 is 24.6. The lowest BCUT2D eigenvalue weighted by molar-refractivity contribution is -0.167. The van der Waals surface area contributed by atoms with Gasteiger partial charge in [-0.15, -0.1) is 0 Å². The molecule has 106 valence electrons. The topological polar surface area (TPSA) is 80.3 Å². The molecule has 0 rings (SSSR count). The van der Waals surface area contributed by atoms with E-state index in [0.717, 1.165) is 7.11 Å². The standard InChI is InChI=1S/C11H20O7/c1-14-6-7(15-2)9(16-3)10(17-4)8(12)11(13)18-5/h7,9-10H,6H2,1-5H3/t7-,9-,10-/m0/s1. The SMILES string of the molecule is COC[C@H](OC)[C@H](OC)[C@@H](OC)C(=O)C(=O)OC. The summed E-state index contributed by atoms with van der Waals surface area (Å²) in [7, 11) is 6.76. The monoisotopic (exact) mass is 264 g/mol. The fourth-order valence-corrected chi connectivity index (χ4v) is 1.54. The molecule has 0 aliphatic carbocycles. The van der Waals surface area contributed by atoms with Gasteiger partial charge in [0.15, 0.2) is 6.10 Å². The maximum absolute atomic E-state index is 11.8. The number of carbonyl (C=O) groups is 2. The highest BCUT2D eigenvalue weighted by Crippen LogP contribution is 2.13. The van der Waals surface area contributed by atoms with Gasteiger partial charge in [0, 0.05) is 28.4 Å². The highest BCUT2D eigenvalue weighted by atomic mass is 16.6. The van der Waals surface area contributed by atoms with E-state index in [1.807, 2.05) is 0 Å². The molecular formula is C11H20O7. The number of hydrogen-bond donors (Lipinski definition) is 0. The smallest absolute Gasteiger partial charge is 0.377 e. The molecule has 0 aliphatic rings. The van der Waals surface area contributed by atoms with Crippen molar-refractivity contribution in [3.05, 3.63) is 0 Å². The Hall–Kier alpha value is -1.02. The molecule has 3 atom stereocenters. The molecule has 0 unspecified atom stereocenters. The largest absolute Gasteiger partial charge is 0.463 e. The lowest BCUT2D eigenvalue weighted by atomic mass is 10.0. The van der Waals surface area contributed by atoms with Gasteiger partial charge in [0.2, 0.25) is 0 Å². The van der Waals surface area contributed by atoms with Crippen molar-refractivity contribution in [1.82, 2.24) is 0 Å². The van der Waals surface area contributed by atoms with E-state index in [0.29, 0.717) is 0 Å². The maximum atomic E-state index is 11.8. The minimum Gasteiger partial charge on any atom is -0.463 e. The van der Waals surface area contributed by atoms with Crippen molar-refractivity contribution < 1.29 is 33.3 Å². The van der Waals surface area contributed by atoms with E-state index in [2.05, 4.69) is 4.74 Å². The highest BCUT2D eigenvalue weighted by Gasteiger charge is 2.38. The molecule has 0 aliphatic heterocycles. The Balaban J connectivity index is 4.95. The Kier molecular flexibility index (Phi) is 8.47. The van der Waals surface area contributed by atoms with E-state index in [1.165, 1.54) is 28.4 Å². The molecule has 0 radical (unpaired) electrons. The van der Waals surface area contributed by atoms with E-state index in [4.69, 9.17) is 18.9 Å². The Labute approximate surface area is 106 Å². The third kappa shape index (κ3) is 4.34. The van der Waals surface area contributed by atoms with Gasteiger partial charge in [-0.3, -0.25) is 4.79 Å². The van der Waals surface area contributed by atoms with E-state index in [-0.39, 0.29) is 6.61 Å². The summed E-state index contributed by atoms with van der Waals surface area (Å²) in [5.41, 5.74) is 0. The third-order valence-electron chi connectivity index (χ3n) is 2.47. The maximum Gasteiger partial charge on any atom is 0.377 e. The second-order valence-corrected chi connectivity index (χ2v) is 3.44. The minimum absolute atomic E-state index is 0.198. The van der Waals surface area contributed by atoms with Gasteiger partial charge < -0.3 is 23.7 Å². The number of Topliss-reactive ketones (excluding diaryl/α,β-unsaturated/α-hetero) is 1. The van der Waals surface area contributed by atoms with Crippen molar-refractivity contribution in [3.8, 4) is 0 Å². The average Bonchev–Trinajstić information content (AvgIpc) is 2.40. The van der Waals surface area contributed by atoms with Crippen LogP contribution in [0.5, 0.6) is 0 Å². The predicted molar refractivity (Wildman–Crippen MR) is 61.3 cm³/mol. The average molecular weight is 264 g/mol. The number of rotatable bonds is 9. The molecule has 0 aromatic rings. The molecule has 0 saturated carbocycles. The summed E-state index contributed by atoms with van der Waals surface area (Å²) in [6, 6.07) is 0. The van der Waals surface area contributed by atoms with Crippen LogP contribution < -0.4 is 0 Å². The molecule has 0 N–H and O–H groups in total. The van der Waals surface area contributed by atoms with Gasteiger partial charge in [0.1, 0.15) is 12.2 Å². The Morgan fingerprint density at radius 1 is 0.944 bits per heavy atom. The molecule has 0 bridgehead atoms. The first-order chi connectivity index (χ1) is 8.56. The van der Waals surface area contributed by atoms with Crippen LogP contribution in [0, 0.1) is 0 Å². The first-order valence-corrected chi connectivity index (χ1v) is 5.26. The van der Waals surface area contributed by atoms with Crippen LogP contribution in [0.4, 0.5) is 0 Å².